The van der Waals surface area contributed by atoms with E-state index in [1.807, 2.05) is 0 Å². The molecule has 2 unspecified atom stereocenters. The van der Waals surface area contributed by atoms with Crippen molar-refractivity contribution in [3.8, 4) is 0 Å². The summed E-state index contributed by atoms with van der Waals surface area (Å²) in [6.07, 6.45) is 1.72. The summed E-state index contributed by atoms with van der Waals surface area (Å²) in [5, 5.41) is 3.47. The van der Waals surface area contributed by atoms with Crippen molar-refractivity contribution in [1.82, 2.24) is 5.32 Å². The van der Waals surface area contributed by atoms with Gasteiger partial charge in [0.25, 0.3) is 0 Å². The Morgan fingerprint density at radius 2 is 1.84 bits per heavy atom. The highest BCUT2D eigenvalue weighted by Crippen LogP contribution is 2.23. The molecule has 0 radical (unpaired) electrons. The van der Waals surface area contributed by atoms with Crippen LogP contribution in [0.1, 0.15) is 39.7 Å². The fourth-order valence-corrected chi connectivity index (χ4v) is 2.45. The van der Waals surface area contributed by atoms with Crippen LogP contribution in [0.4, 0.5) is 8.78 Å². The van der Waals surface area contributed by atoms with Crippen molar-refractivity contribution >= 4 is 0 Å². The Morgan fingerprint density at radius 3 is 2.37 bits per heavy atom. The zero-order valence-corrected chi connectivity index (χ0v) is 12.3. The zero-order chi connectivity index (χ0) is 14.4. The van der Waals surface area contributed by atoms with Crippen LogP contribution in [0.2, 0.25) is 0 Å². The highest BCUT2D eigenvalue weighted by Gasteiger charge is 2.22. The Balaban J connectivity index is 2.77. The topological polar surface area (TPSA) is 12.0 Å². The molecule has 0 aliphatic rings. The highest BCUT2D eigenvalue weighted by atomic mass is 19.1. The lowest BCUT2D eigenvalue weighted by molar-refractivity contribution is 0.286. The average molecular weight is 269 g/mol. The summed E-state index contributed by atoms with van der Waals surface area (Å²) >= 11 is 0. The minimum absolute atomic E-state index is 0.324. The molecule has 0 saturated carbocycles. The third-order valence-corrected chi connectivity index (χ3v) is 3.69. The number of rotatable bonds is 7. The van der Waals surface area contributed by atoms with E-state index < -0.39 is 11.6 Å². The number of benzene rings is 1. The zero-order valence-electron chi connectivity index (χ0n) is 12.3. The minimum Gasteiger partial charge on any atom is -0.314 e. The van der Waals surface area contributed by atoms with E-state index >= 15 is 0 Å². The maximum atomic E-state index is 13.7. The van der Waals surface area contributed by atoms with E-state index in [1.165, 1.54) is 6.07 Å². The second kappa shape index (κ2) is 7.59. The minimum atomic E-state index is -0.514. The van der Waals surface area contributed by atoms with E-state index in [0.717, 1.165) is 19.0 Å². The van der Waals surface area contributed by atoms with Crippen LogP contribution in [-0.2, 0) is 6.42 Å². The van der Waals surface area contributed by atoms with Crippen molar-refractivity contribution in [1.29, 1.82) is 0 Å². The van der Waals surface area contributed by atoms with E-state index in [4.69, 9.17) is 0 Å². The normalized spacial score (nSPS) is 14.7. The van der Waals surface area contributed by atoms with Gasteiger partial charge in [0.1, 0.15) is 11.6 Å². The summed E-state index contributed by atoms with van der Waals surface area (Å²) in [4.78, 5) is 0. The highest BCUT2D eigenvalue weighted by molar-refractivity contribution is 5.19. The van der Waals surface area contributed by atoms with E-state index in [1.54, 1.807) is 6.07 Å². The van der Waals surface area contributed by atoms with Gasteiger partial charge in [-0.25, -0.2) is 8.78 Å². The van der Waals surface area contributed by atoms with Crippen LogP contribution in [0.3, 0.4) is 0 Å². The molecule has 0 amide bonds. The molecular formula is C16H25F2N. The molecule has 1 aromatic rings. The van der Waals surface area contributed by atoms with E-state index in [9.17, 15) is 8.78 Å². The smallest absolute Gasteiger partial charge is 0.129 e. The SMILES string of the molecule is CCCNC(C)C(Cc1ccc(F)cc1F)C(C)C. The van der Waals surface area contributed by atoms with Gasteiger partial charge in [0.2, 0.25) is 0 Å². The van der Waals surface area contributed by atoms with Crippen molar-refractivity contribution in [3.05, 3.63) is 35.4 Å². The van der Waals surface area contributed by atoms with Gasteiger partial charge in [-0.05, 0) is 49.8 Å². The van der Waals surface area contributed by atoms with Gasteiger partial charge in [0.15, 0.2) is 0 Å². The summed E-state index contributed by atoms with van der Waals surface area (Å²) in [5.41, 5.74) is 0.602. The fourth-order valence-electron chi connectivity index (χ4n) is 2.45. The predicted molar refractivity (Wildman–Crippen MR) is 76.1 cm³/mol. The first kappa shape index (κ1) is 16.1. The molecule has 0 heterocycles. The molecule has 19 heavy (non-hydrogen) atoms. The first-order valence-corrected chi connectivity index (χ1v) is 7.13. The Hall–Kier alpha value is -0.960. The van der Waals surface area contributed by atoms with Crippen molar-refractivity contribution < 1.29 is 8.78 Å². The molecule has 0 aliphatic carbocycles. The summed E-state index contributed by atoms with van der Waals surface area (Å²) < 4.78 is 26.6. The van der Waals surface area contributed by atoms with Crippen LogP contribution >= 0.6 is 0 Å². The summed E-state index contributed by atoms with van der Waals surface area (Å²) in [7, 11) is 0. The third-order valence-electron chi connectivity index (χ3n) is 3.69. The number of hydrogen-bond acceptors (Lipinski definition) is 1. The van der Waals surface area contributed by atoms with E-state index in [-0.39, 0.29) is 0 Å². The molecule has 0 bridgehead atoms. The van der Waals surface area contributed by atoms with Gasteiger partial charge in [-0.15, -0.1) is 0 Å². The molecule has 0 aliphatic heterocycles. The molecule has 1 nitrogen and oxygen atoms in total. The van der Waals surface area contributed by atoms with Crippen molar-refractivity contribution in [2.24, 2.45) is 11.8 Å². The monoisotopic (exact) mass is 269 g/mol. The first-order chi connectivity index (χ1) is 8.95. The van der Waals surface area contributed by atoms with E-state index in [2.05, 4.69) is 33.0 Å². The molecule has 1 N–H and O–H groups in total. The maximum absolute atomic E-state index is 13.7. The summed E-state index contributed by atoms with van der Waals surface area (Å²) in [5.74, 6) is -0.164. The predicted octanol–water partition coefficient (Wildman–Crippen LogP) is 4.17. The van der Waals surface area contributed by atoms with Crippen molar-refractivity contribution in [3.63, 3.8) is 0 Å². The van der Waals surface area contributed by atoms with Crippen LogP contribution in [0.5, 0.6) is 0 Å². The quantitative estimate of drug-likeness (QED) is 0.783. The molecule has 1 aromatic carbocycles. The van der Waals surface area contributed by atoms with Crippen LogP contribution in [0.15, 0.2) is 18.2 Å². The second-order valence-corrected chi connectivity index (χ2v) is 5.59. The van der Waals surface area contributed by atoms with Gasteiger partial charge in [0, 0.05) is 12.1 Å². The average Bonchev–Trinajstić information content (AvgIpc) is 2.34. The standard InChI is InChI=1S/C16H25F2N/c1-5-8-19-12(4)15(11(2)3)9-13-6-7-14(17)10-16(13)18/h6-7,10-12,15,19H,5,8-9H2,1-4H3. The van der Waals surface area contributed by atoms with Crippen molar-refractivity contribution in [2.75, 3.05) is 6.54 Å². The third kappa shape index (κ3) is 4.90. The lowest BCUT2D eigenvalue weighted by Crippen LogP contribution is -2.38. The Bertz CT molecular complexity index is 390. The molecular weight excluding hydrogens is 244 g/mol. The number of halogens is 2. The fraction of sp³-hybridized carbons (Fsp3) is 0.625. The number of nitrogens with one attached hydrogen (secondary N) is 1. The van der Waals surface area contributed by atoms with Crippen molar-refractivity contribution in [2.45, 2.75) is 46.6 Å². The van der Waals surface area contributed by atoms with Crippen LogP contribution in [0, 0.1) is 23.5 Å². The Kier molecular flexibility index (Phi) is 6.43. The molecule has 3 heteroatoms. The van der Waals surface area contributed by atoms with Gasteiger partial charge >= 0.3 is 0 Å². The van der Waals surface area contributed by atoms with Gasteiger partial charge in [-0.2, -0.15) is 0 Å². The van der Waals surface area contributed by atoms with Crippen LogP contribution < -0.4 is 5.32 Å². The lowest BCUT2D eigenvalue weighted by atomic mass is 9.83. The first-order valence-electron chi connectivity index (χ1n) is 7.13. The van der Waals surface area contributed by atoms with Gasteiger partial charge in [0.05, 0.1) is 0 Å². The molecule has 0 saturated heterocycles. The van der Waals surface area contributed by atoms with Gasteiger partial charge < -0.3 is 5.32 Å². The molecule has 2 atom stereocenters. The van der Waals surface area contributed by atoms with E-state index in [0.29, 0.717) is 29.9 Å². The molecule has 1 rings (SSSR count). The van der Waals surface area contributed by atoms with Gasteiger partial charge in [-0.3, -0.25) is 0 Å². The Labute approximate surface area is 115 Å². The largest absolute Gasteiger partial charge is 0.314 e. The summed E-state index contributed by atoms with van der Waals surface area (Å²) in [6.45, 7) is 9.54. The van der Waals surface area contributed by atoms with Crippen LogP contribution in [0.25, 0.3) is 0 Å². The molecule has 0 spiro atoms. The van der Waals surface area contributed by atoms with Crippen LogP contribution in [-0.4, -0.2) is 12.6 Å². The molecule has 0 fully saturated rings. The molecule has 0 aromatic heterocycles. The van der Waals surface area contributed by atoms with Gasteiger partial charge in [-0.1, -0.05) is 26.8 Å². The number of hydrogen-bond donors (Lipinski definition) is 1. The molecule has 108 valence electrons. The Morgan fingerprint density at radius 1 is 1.16 bits per heavy atom. The maximum Gasteiger partial charge on any atom is 0.129 e. The second-order valence-electron chi connectivity index (χ2n) is 5.59. The lowest BCUT2D eigenvalue weighted by Gasteiger charge is -2.28. The summed E-state index contributed by atoms with van der Waals surface area (Å²) in [6, 6.07) is 4.19.